The molecule has 0 fully saturated rings. The summed E-state index contributed by atoms with van der Waals surface area (Å²) in [6, 6.07) is 20.9. The van der Waals surface area contributed by atoms with Gasteiger partial charge in [0.2, 0.25) is 5.89 Å². The molecule has 1 aliphatic heterocycles. The molecule has 4 aromatic rings. The van der Waals surface area contributed by atoms with Gasteiger partial charge >= 0.3 is 0 Å². The number of fused-ring (bicyclic) bond motifs is 1. The van der Waals surface area contributed by atoms with Crippen molar-refractivity contribution in [2.24, 2.45) is 16.8 Å². The van der Waals surface area contributed by atoms with Crippen molar-refractivity contribution in [3.8, 4) is 28.8 Å². The maximum atomic E-state index is 9.28. The summed E-state index contributed by atoms with van der Waals surface area (Å²) in [7, 11) is 0. The van der Waals surface area contributed by atoms with Crippen LogP contribution < -0.4 is 11.2 Å². The third-order valence-electron chi connectivity index (χ3n) is 4.77. The second kappa shape index (κ2) is 6.28. The Hall–Kier alpha value is -4.05. The van der Waals surface area contributed by atoms with Crippen molar-refractivity contribution < 1.29 is 8.83 Å². The zero-order valence-electron chi connectivity index (χ0n) is 14.7. The lowest BCUT2D eigenvalue weighted by Gasteiger charge is -2.10. The molecule has 0 bridgehead atoms. The first kappa shape index (κ1) is 16.1. The maximum absolute atomic E-state index is 9.28. The van der Waals surface area contributed by atoms with Gasteiger partial charge in [0.1, 0.15) is 34.8 Å². The van der Waals surface area contributed by atoms with Crippen LogP contribution in [0.15, 0.2) is 74.6 Å². The molecule has 5 rings (SSSR count). The first-order valence-electron chi connectivity index (χ1n) is 8.77. The van der Waals surface area contributed by atoms with Crippen molar-refractivity contribution in [3.05, 3.63) is 66.4 Å². The van der Waals surface area contributed by atoms with E-state index in [2.05, 4.69) is 21.6 Å². The summed E-state index contributed by atoms with van der Waals surface area (Å²) in [6.45, 7) is 0. The van der Waals surface area contributed by atoms with Crippen molar-refractivity contribution in [1.82, 2.24) is 10.4 Å². The lowest BCUT2D eigenvalue weighted by Crippen LogP contribution is -2.24. The van der Waals surface area contributed by atoms with E-state index in [1.54, 1.807) is 0 Å². The minimum absolute atomic E-state index is 0.271. The van der Waals surface area contributed by atoms with Crippen molar-refractivity contribution in [3.63, 3.8) is 0 Å². The number of nitrogens with two attached hydrogens (primary N) is 1. The molecule has 3 heterocycles. The lowest BCUT2D eigenvalue weighted by molar-refractivity contribution is 0.424. The van der Waals surface area contributed by atoms with E-state index >= 15 is 0 Å². The molecule has 0 spiro atoms. The number of aromatic nitrogens is 1. The molecular formula is C21H15N5O2. The number of benzene rings is 2. The van der Waals surface area contributed by atoms with Gasteiger partial charge in [-0.1, -0.05) is 24.3 Å². The lowest BCUT2D eigenvalue weighted by atomic mass is 10.0. The molecule has 136 valence electrons. The van der Waals surface area contributed by atoms with E-state index in [4.69, 9.17) is 14.6 Å². The summed E-state index contributed by atoms with van der Waals surface area (Å²) < 4.78 is 11.8. The van der Waals surface area contributed by atoms with Gasteiger partial charge in [-0.3, -0.25) is 5.43 Å². The highest BCUT2D eigenvalue weighted by Crippen LogP contribution is 2.32. The third-order valence-corrected chi connectivity index (χ3v) is 4.77. The van der Waals surface area contributed by atoms with Crippen LogP contribution in [0.1, 0.15) is 11.8 Å². The Morgan fingerprint density at radius 1 is 0.964 bits per heavy atom. The van der Waals surface area contributed by atoms with E-state index in [0.717, 1.165) is 22.2 Å². The number of nitrogens with one attached hydrogen (secondary N) is 1. The Kier molecular flexibility index (Phi) is 3.62. The minimum atomic E-state index is -0.541. The standard InChI is InChI=1S/C21H15N5O2/c22-11-14-19(25-26-20(14)23)18-10-9-16(27-18)12-5-7-13(8-6-12)21-24-15-3-1-2-4-17(15)28-21/h1-10,14,19,25H,(H2,23,26). The summed E-state index contributed by atoms with van der Waals surface area (Å²) in [4.78, 5) is 4.51. The Bertz CT molecular complexity index is 1200. The Morgan fingerprint density at radius 2 is 1.75 bits per heavy atom. The maximum Gasteiger partial charge on any atom is 0.227 e. The summed E-state index contributed by atoms with van der Waals surface area (Å²) in [5.74, 6) is 1.62. The van der Waals surface area contributed by atoms with Gasteiger partial charge in [0, 0.05) is 11.1 Å². The fourth-order valence-electron chi connectivity index (χ4n) is 3.28. The molecule has 0 saturated heterocycles. The first-order valence-corrected chi connectivity index (χ1v) is 8.77. The third kappa shape index (κ3) is 2.59. The normalized spacial score (nSPS) is 18.6. The van der Waals surface area contributed by atoms with Crippen molar-refractivity contribution in [2.45, 2.75) is 6.04 Å². The number of amidine groups is 1. The highest BCUT2D eigenvalue weighted by molar-refractivity contribution is 5.87. The Balaban J connectivity index is 1.41. The van der Waals surface area contributed by atoms with Crippen molar-refractivity contribution >= 4 is 16.9 Å². The van der Waals surface area contributed by atoms with E-state index in [0.29, 0.717) is 17.4 Å². The van der Waals surface area contributed by atoms with E-state index < -0.39 is 5.92 Å². The second-order valence-electron chi connectivity index (χ2n) is 6.52. The van der Waals surface area contributed by atoms with Gasteiger partial charge in [0.25, 0.3) is 0 Å². The van der Waals surface area contributed by atoms with Gasteiger partial charge in [-0.25, -0.2) is 4.98 Å². The number of hydrogen-bond donors (Lipinski definition) is 2. The Labute approximate surface area is 160 Å². The number of furan rings is 1. The van der Waals surface area contributed by atoms with Gasteiger partial charge < -0.3 is 14.6 Å². The first-order chi connectivity index (χ1) is 13.7. The molecular weight excluding hydrogens is 354 g/mol. The van der Waals surface area contributed by atoms with Crippen LogP contribution in [0.25, 0.3) is 33.9 Å². The molecule has 0 saturated carbocycles. The molecule has 2 unspecified atom stereocenters. The molecule has 1 aliphatic rings. The quantitative estimate of drug-likeness (QED) is 0.568. The molecule has 28 heavy (non-hydrogen) atoms. The average Bonchev–Trinajstić information content (AvgIpc) is 3.45. The van der Waals surface area contributed by atoms with Gasteiger partial charge in [-0.15, -0.1) is 0 Å². The molecule has 3 N–H and O–H groups in total. The van der Waals surface area contributed by atoms with Crippen LogP contribution in [-0.4, -0.2) is 10.8 Å². The van der Waals surface area contributed by atoms with Crippen LogP contribution in [0.5, 0.6) is 0 Å². The zero-order valence-corrected chi connectivity index (χ0v) is 14.7. The zero-order chi connectivity index (χ0) is 19.1. The van der Waals surface area contributed by atoms with Gasteiger partial charge in [-0.2, -0.15) is 10.4 Å². The van der Waals surface area contributed by atoms with E-state index in [9.17, 15) is 5.26 Å². The predicted molar refractivity (Wildman–Crippen MR) is 104 cm³/mol. The number of para-hydroxylation sites is 2. The molecule has 2 aromatic carbocycles. The average molecular weight is 369 g/mol. The number of rotatable bonds is 3. The van der Waals surface area contributed by atoms with Crippen LogP contribution in [0.3, 0.4) is 0 Å². The molecule has 2 atom stereocenters. The minimum Gasteiger partial charge on any atom is -0.459 e. The molecule has 7 nitrogen and oxygen atoms in total. The number of hydrogen-bond acceptors (Lipinski definition) is 7. The molecule has 0 radical (unpaired) electrons. The fraction of sp³-hybridized carbons (Fsp3) is 0.0952. The molecule has 0 aliphatic carbocycles. The topological polar surface area (TPSA) is 113 Å². The van der Waals surface area contributed by atoms with E-state index in [1.165, 1.54) is 0 Å². The smallest absolute Gasteiger partial charge is 0.227 e. The summed E-state index contributed by atoms with van der Waals surface area (Å²) in [5, 5.41) is 13.2. The van der Waals surface area contributed by atoms with Crippen LogP contribution in [-0.2, 0) is 0 Å². The van der Waals surface area contributed by atoms with Crippen LogP contribution >= 0.6 is 0 Å². The van der Waals surface area contributed by atoms with Crippen LogP contribution in [0.4, 0.5) is 0 Å². The second-order valence-corrected chi connectivity index (χ2v) is 6.52. The highest BCUT2D eigenvalue weighted by Gasteiger charge is 2.33. The van der Waals surface area contributed by atoms with Crippen molar-refractivity contribution in [2.75, 3.05) is 0 Å². The highest BCUT2D eigenvalue weighted by atomic mass is 16.3. The van der Waals surface area contributed by atoms with E-state index in [1.807, 2.05) is 60.7 Å². The summed E-state index contributed by atoms with van der Waals surface area (Å²) in [6.07, 6.45) is 0. The van der Waals surface area contributed by atoms with Crippen LogP contribution in [0.2, 0.25) is 0 Å². The Morgan fingerprint density at radius 3 is 2.54 bits per heavy atom. The van der Waals surface area contributed by atoms with Gasteiger partial charge in [0.15, 0.2) is 5.58 Å². The number of nitrogens with zero attached hydrogens (tertiary/aromatic N) is 3. The largest absolute Gasteiger partial charge is 0.459 e. The summed E-state index contributed by atoms with van der Waals surface area (Å²) >= 11 is 0. The SMILES string of the molecule is N#CC1C(N)=NNC1c1ccc(-c2ccc(-c3nc4ccccc4o3)cc2)o1. The van der Waals surface area contributed by atoms with Gasteiger partial charge in [-0.05, 0) is 36.4 Å². The number of nitriles is 1. The van der Waals surface area contributed by atoms with Crippen LogP contribution in [0, 0.1) is 17.2 Å². The van der Waals surface area contributed by atoms with Crippen molar-refractivity contribution in [1.29, 1.82) is 5.26 Å². The fourth-order valence-corrected chi connectivity index (χ4v) is 3.28. The monoisotopic (exact) mass is 369 g/mol. The number of hydrazone groups is 1. The summed E-state index contributed by atoms with van der Waals surface area (Å²) in [5.41, 5.74) is 12.0. The number of oxazole rings is 1. The molecule has 7 heteroatoms. The molecule has 2 aromatic heterocycles. The van der Waals surface area contributed by atoms with E-state index in [-0.39, 0.29) is 11.9 Å². The molecule has 0 amide bonds. The predicted octanol–water partition coefficient (Wildman–Crippen LogP) is 3.81. The van der Waals surface area contributed by atoms with Gasteiger partial charge in [0.05, 0.1) is 6.07 Å².